The van der Waals surface area contributed by atoms with Gasteiger partial charge < -0.3 is 0 Å². The van der Waals surface area contributed by atoms with E-state index in [0.29, 0.717) is 6.61 Å². The fraction of sp³-hybridized carbons (Fsp3) is 1.00. The molecule has 0 fully saturated rings. The molecule has 0 bridgehead atoms. The molecule has 0 aliphatic rings. The molecule has 0 aromatic carbocycles. The minimum atomic E-state index is -3.49. The summed E-state index contributed by atoms with van der Waals surface area (Å²) in [5.41, 5.74) is 0. The van der Waals surface area contributed by atoms with E-state index in [2.05, 4.69) is 16.5 Å². The van der Waals surface area contributed by atoms with Crippen molar-refractivity contribution >= 4 is 28.6 Å². The maximum absolute atomic E-state index is 10.4. The van der Waals surface area contributed by atoms with Crippen molar-refractivity contribution in [3.63, 3.8) is 0 Å². The van der Waals surface area contributed by atoms with Gasteiger partial charge >= 0.3 is 6.07 Å². The predicted octanol–water partition coefficient (Wildman–Crippen LogP) is 3.71. The highest BCUT2D eigenvalue weighted by molar-refractivity contribution is 8.05. The molecule has 0 rings (SSSR count). The summed E-state index contributed by atoms with van der Waals surface area (Å²) < 4.78 is 14.6. The zero-order valence-corrected chi connectivity index (χ0v) is 8.66. The molecular formula is C5H11Cl2O3P. The van der Waals surface area contributed by atoms with Crippen molar-refractivity contribution in [3.05, 3.63) is 0 Å². The number of hydrogen-bond acceptors (Lipinski definition) is 3. The van der Waals surface area contributed by atoms with Crippen molar-refractivity contribution in [1.29, 1.82) is 0 Å². The zero-order chi connectivity index (χ0) is 8.74. The molecule has 0 aromatic heterocycles. The summed E-state index contributed by atoms with van der Waals surface area (Å²) in [6, 6.07) is 0. The fourth-order valence-electron chi connectivity index (χ4n) is 0.510. The maximum atomic E-state index is 10.4. The predicted molar refractivity (Wildman–Crippen MR) is 45.9 cm³/mol. The third-order valence-corrected chi connectivity index (χ3v) is 1.59. The van der Waals surface area contributed by atoms with Crippen molar-refractivity contribution < 1.29 is 14.1 Å². The standard InChI is InChI=1S/C5H11Cl2O3P/c1-2-3-4-5-9-10-11(6,7)8/h2-5H2,1H3. The highest BCUT2D eigenvalue weighted by Gasteiger charge is 2.14. The van der Waals surface area contributed by atoms with Gasteiger partial charge in [-0.3, -0.25) is 4.57 Å². The molecule has 68 valence electrons. The first kappa shape index (κ1) is 11.7. The van der Waals surface area contributed by atoms with Gasteiger partial charge in [-0.25, -0.2) is 4.89 Å². The lowest BCUT2D eigenvalue weighted by Crippen LogP contribution is -1.91. The van der Waals surface area contributed by atoms with E-state index in [9.17, 15) is 4.57 Å². The second-order valence-corrected chi connectivity index (χ2v) is 6.19. The van der Waals surface area contributed by atoms with Gasteiger partial charge in [0.2, 0.25) is 0 Å². The van der Waals surface area contributed by atoms with Crippen LogP contribution in [-0.2, 0) is 14.1 Å². The Balaban J connectivity index is 3.09. The number of rotatable bonds is 6. The SMILES string of the molecule is CCCCCOOP(=O)(Cl)Cl. The molecule has 0 amide bonds. The summed E-state index contributed by atoms with van der Waals surface area (Å²) in [7, 11) is 0. The lowest BCUT2D eigenvalue weighted by Gasteiger charge is -2.02. The van der Waals surface area contributed by atoms with E-state index >= 15 is 0 Å². The van der Waals surface area contributed by atoms with Crippen molar-refractivity contribution in [2.75, 3.05) is 6.61 Å². The molecule has 0 radical (unpaired) electrons. The quantitative estimate of drug-likeness (QED) is 0.297. The Morgan fingerprint density at radius 3 is 2.45 bits per heavy atom. The number of halogens is 2. The highest BCUT2D eigenvalue weighted by Crippen LogP contribution is 2.57. The smallest absolute Gasteiger partial charge is 0.254 e. The first-order valence-electron chi connectivity index (χ1n) is 3.37. The maximum Gasteiger partial charge on any atom is 0.406 e. The molecule has 0 unspecified atom stereocenters. The van der Waals surface area contributed by atoms with Gasteiger partial charge in [0.15, 0.2) is 0 Å². The molecule has 0 atom stereocenters. The van der Waals surface area contributed by atoms with Crippen LogP contribution in [-0.4, -0.2) is 6.61 Å². The van der Waals surface area contributed by atoms with Crippen molar-refractivity contribution in [2.24, 2.45) is 0 Å². The van der Waals surface area contributed by atoms with Crippen LogP contribution in [0.3, 0.4) is 0 Å². The summed E-state index contributed by atoms with van der Waals surface area (Å²) in [5, 5.41) is 0. The van der Waals surface area contributed by atoms with Crippen LogP contribution >= 0.6 is 28.6 Å². The lowest BCUT2D eigenvalue weighted by molar-refractivity contribution is -0.201. The summed E-state index contributed by atoms with van der Waals surface area (Å²) >= 11 is 10.0. The van der Waals surface area contributed by atoms with Crippen LogP contribution in [0.5, 0.6) is 0 Å². The molecule has 0 saturated carbocycles. The lowest BCUT2D eigenvalue weighted by atomic mass is 10.3. The van der Waals surface area contributed by atoms with Crippen LogP contribution in [0, 0.1) is 0 Å². The van der Waals surface area contributed by atoms with Crippen LogP contribution in [0.1, 0.15) is 26.2 Å². The van der Waals surface area contributed by atoms with Crippen molar-refractivity contribution in [1.82, 2.24) is 0 Å². The monoisotopic (exact) mass is 220 g/mol. The molecular weight excluding hydrogens is 210 g/mol. The molecule has 0 aliphatic carbocycles. The molecule has 0 aromatic rings. The van der Waals surface area contributed by atoms with Crippen LogP contribution in [0.2, 0.25) is 0 Å². The Labute approximate surface area is 75.9 Å². The third-order valence-electron chi connectivity index (χ3n) is 0.971. The van der Waals surface area contributed by atoms with Gasteiger partial charge in [0.1, 0.15) is 0 Å². The van der Waals surface area contributed by atoms with E-state index in [1.807, 2.05) is 0 Å². The largest absolute Gasteiger partial charge is 0.406 e. The van der Waals surface area contributed by atoms with Gasteiger partial charge in [-0.1, -0.05) is 19.8 Å². The van der Waals surface area contributed by atoms with Gasteiger partial charge in [0, 0.05) is 0 Å². The average molecular weight is 221 g/mol. The molecule has 0 heterocycles. The number of unbranched alkanes of at least 4 members (excludes halogenated alkanes) is 2. The van der Waals surface area contributed by atoms with E-state index in [0.717, 1.165) is 19.3 Å². The fourth-order valence-corrected chi connectivity index (χ4v) is 0.946. The van der Waals surface area contributed by atoms with Gasteiger partial charge in [0.25, 0.3) is 0 Å². The van der Waals surface area contributed by atoms with Gasteiger partial charge in [-0.2, -0.15) is 0 Å². The average Bonchev–Trinajstić information content (AvgIpc) is 1.85. The summed E-state index contributed by atoms with van der Waals surface area (Å²) in [4.78, 5) is 4.47. The van der Waals surface area contributed by atoms with E-state index in [-0.39, 0.29) is 0 Å². The Bertz CT molecular complexity index is 136. The van der Waals surface area contributed by atoms with Gasteiger partial charge in [0.05, 0.1) is 6.61 Å². The Kier molecular flexibility index (Phi) is 6.68. The molecule has 0 saturated heterocycles. The minimum absolute atomic E-state index is 0.372. The van der Waals surface area contributed by atoms with Gasteiger partial charge in [-0.15, -0.1) is 4.67 Å². The Morgan fingerprint density at radius 2 is 2.00 bits per heavy atom. The molecule has 11 heavy (non-hydrogen) atoms. The molecule has 3 nitrogen and oxygen atoms in total. The normalized spacial score (nSPS) is 11.9. The van der Waals surface area contributed by atoms with E-state index in [1.165, 1.54) is 0 Å². The first-order valence-corrected chi connectivity index (χ1v) is 6.80. The Morgan fingerprint density at radius 1 is 1.36 bits per heavy atom. The topological polar surface area (TPSA) is 35.5 Å². The zero-order valence-electron chi connectivity index (χ0n) is 6.26. The van der Waals surface area contributed by atoms with E-state index < -0.39 is 6.07 Å². The van der Waals surface area contributed by atoms with Crippen LogP contribution in [0.15, 0.2) is 0 Å². The van der Waals surface area contributed by atoms with Gasteiger partial charge in [-0.05, 0) is 28.9 Å². The highest BCUT2D eigenvalue weighted by atomic mass is 35.9. The van der Waals surface area contributed by atoms with Crippen LogP contribution < -0.4 is 0 Å². The third kappa shape index (κ3) is 10.7. The Hall–Kier alpha value is 0.730. The molecule has 0 spiro atoms. The second kappa shape index (κ2) is 6.27. The summed E-state index contributed by atoms with van der Waals surface area (Å²) in [5.74, 6) is 0. The first-order chi connectivity index (χ1) is 5.06. The van der Waals surface area contributed by atoms with Crippen molar-refractivity contribution in [2.45, 2.75) is 26.2 Å². The van der Waals surface area contributed by atoms with E-state index in [1.54, 1.807) is 0 Å². The molecule has 0 N–H and O–H groups in total. The molecule has 6 heteroatoms. The second-order valence-electron chi connectivity index (χ2n) is 2.02. The van der Waals surface area contributed by atoms with Crippen LogP contribution in [0.4, 0.5) is 0 Å². The van der Waals surface area contributed by atoms with Crippen LogP contribution in [0.25, 0.3) is 0 Å². The summed E-state index contributed by atoms with van der Waals surface area (Å²) in [6.07, 6.45) is -0.515. The minimum Gasteiger partial charge on any atom is -0.254 e. The van der Waals surface area contributed by atoms with E-state index in [4.69, 9.17) is 22.5 Å². The number of hydrogen-bond donors (Lipinski definition) is 0. The summed E-state index contributed by atoms with van der Waals surface area (Å²) in [6.45, 7) is 2.44. The van der Waals surface area contributed by atoms with Crippen molar-refractivity contribution in [3.8, 4) is 0 Å². The molecule has 0 aliphatic heterocycles.